The van der Waals surface area contributed by atoms with E-state index >= 15 is 0 Å². The summed E-state index contributed by atoms with van der Waals surface area (Å²) in [4.78, 5) is 20.6. The maximum Gasteiger partial charge on any atom is 0.301 e. The van der Waals surface area contributed by atoms with Crippen molar-refractivity contribution < 1.29 is 9.85 Å². The molecule has 1 aliphatic rings. The number of nitro benzene ring substituents is 2. The van der Waals surface area contributed by atoms with Gasteiger partial charge in [0.05, 0.1) is 33.0 Å². The van der Waals surface area contributed by atoms with E-state index in [9.17, 15) is 20.2 Å². The molecular formula is C12H8N4O4. The largest absolute Gasteiger partial charge is 0.352 e. The Bertz CT molecular complexity index is 744. The summed E-state index contributed by atoms with van der Waals surface area (Å²) in [5.74, 6) is 0. The number of non-ortho nitro benzene ring substituents is 1. The highest BCUT2D eigenvalue weighted by Crippen LogP contribution is 2.45. The normalized spacial score (nSPS) is 11.6. The molecule has 1 heterocycles. The Morgan fingerprint density at radius 1 is 0.850 bits per heavy atom. The fourth-order valence-corrected chi connectivity index (χ4v) is 2.07. The first-order valence-electron chi connectivity index (χ1n) is 5.66. The maximum absolute atomic E-state index is 11.1. The average molecular weight is 272 g/mol. The van der Waals surface area contributed by atoms with Crippen LogP contribution in [-0.4, -0.2) is 9.85 Å². The zero-order valence-corrected chi connectivity index (χ0v) is 9.99. The van der Waals surface area contributed by atoms with Crippen molar-refractivity contribution in [3.63, 3.8) is 0 Å². The highest BCUT2D eigenvalue weighted by atomic mass is 16.6. The second kappa shape index (κ2) is 4.19. The van der Waals surface area contributed by atoms with Crippen LogP contribution < -0.4 is 10.6 Å². The van der Waals surface area contributed by atoms with Gasteiger partial charge in [0.15, 0.2) is 0 Å². The fourth-order valence-electron chi connectivity index (χ4n) is 2.07. The van der Waals surface area contributed by atoms with Gasteiger partial charge in [0.25, 0.3) is 5.69 Å². The molecule has 0 fully saturated rings. The second-order valence-corrected chi connectivity index (χ2v) is 4.20. The molecule has 0 atom stereocenters. The Hall–Kier alpha value is -3.16. The van der Waals surface area contributed by atoms with Gasteiger partial charge in [-0.25, -0.2) is 0 Å². The number of hydrogen-bond acceptors (Lipinski definition) is 6. The van der Waals surface area contributed by atoms with Crippen LogP contribution in [0.25, 0.3) is 0 Å². The van der Waals surface area contributed by atoms with Crippen molar-refractivity contribution in [2.45, 2.75) is 0 Å². The van der Waals surface area contributed by atoms with Gasteiger partial charge in [0.2, 0.25) is 0 Å². The van der Waals surface area contributed by atoms with E-state index in [1.54, 1.807) is 24.3 Å². The molecule has 0 spiro atoms. The topological polar surface area (TPSA) is 110 Å². The van der Waals surface area contributed by atoms with E-state index < -0.39 is 9.85 Å². The molecule has 0 saturated heterocycles. The number of nitrogens with zero attached hydrogens (tertiary/aromatic N) is 2. The molecule has 0 saturated carbocycles. The van der Waals surface area contributed by atoms with E-state index in [1.807, 2.05) is 0 Å². The Morgan fingerprint density at radius 2 is 1.50 bits per heavy atom. The molecule has 2 aromatic rings. The minimum Gasteiger partial charge on any atom is -0.352 e. The summed E-state index contributed by atoms with van der Waals surface area (Å²) in [6, 6.07) is 9.33. The lowest BCUT2D eigenvalue weighted by molar-refractivity contribution is -0.393. The Morgan fingerprint density at radius 3 is 2.10 bits per heavy atom. The number of para-hydroxylation sites is 2. The Balaban J connectivity index is 2.19. The van der Waals surface area contributed by atoms with Crippen LogP contribution in [0.15, 0.2) is 36.4 Å². The quantitative estimate of drug-likeness (QED) is 0.547. The summed E-state index contributed by atoms with van der Waals surface area (Å²) in [6.07, 6.45) is 0. The minimum atomic E-state index is -0.657. The van der Waals surface area contributed by atoms with Crippen molar-refractivity contribution in [3.05, 3.63) is 56.6 Å². The molecule has 20 heavy (non-hydrogen) atoms. The molecule has 1 aliphatic heterocycles. The Kier molecular flexibility index (Phi) is 2.50. The summed E-state index contributed by atoms with van der Waals surface area (Å²) in [7, 11) is 0. The van der Waals surface area contributed by atoms with Crippen LogP contribution in [0, 0.1) is 20.2 Å². The predicted molar refractivity (Wildman–Crippen MR) is 72.8 cm³/mol. The SMILES string of the molecule is O=[N+]([O-])c1cc2c(c([N+](=O)[O-])c1)Nc1ccccc1N2. The third-order valence-corrected chi connectivity index (χ3v) is 2.97. The van der Waals surface area contributed by atoms with Gasteiger partial charge in [0.1, 0.15) is 5.69 Å². The van der Waals surface area contributed by atoms with Crippen LogP contribution in [0.3, 0.4) is 0 Å². The van der Waals surface area contributed by atoms with Crippen LogP contribution >= 0.6 is 0 Å². The summed E-state index contributed by atoms with van der Waals surface area (Å²) in [6.45, 7) is 0. The van der Waals surface area contributed by atoms with Gasteiger partial charge in [-0.1, -0.05) is 12.1 Å². The molecule has 0 amide bonds. The van der Waals surface area contributed by atoms with E-state index in [-0.39, 0.29) is 17.1 Å². The lowest BCUT2D eigenvalue weighted by Crippen LogP contribution is -2.09. The number of nitrogens with one attached hydrogen (secondary N) is 2. The molecule has 2 N–H and O–H groups in total. The van der Waals surface area contributed by atoms with Gasteiger partial charge in [-0.05, 0) is 12.1 Å². The van der Waals surface area contributed by atoms with Gasteiger partial charge in [-0.3, -0.25) is 20.2 Å². The molecule has 0 unspecified atom stereocenters. The third-order valence-electron chi connectivity index (χ3n) is 2.97. The average Bonchev–Trinajstić information content (AvgIpc) is 2.43. The van der Waals surface area contributed by atoms with Crippen LogP contribution in [-0.2, 0) is 0 Å². The van der Waals surface area contributed by atoms with Crippen LogP contribution in [0.1, 0.15) is 0 Å². The number of fused-ring (bicyclic) bond motifs is 2. The van der Waals surface area contributed by atoms with Crippen molar-refractivity contribution in [1.29, 1.82) is 0 Å². The van der Waals surface area contributed by atoms with Gasteiger partial charge >= 0.3 is 5.69 Å². The van der Waals surface area contributed by atoms with Gasteiger partial charge in [-0.2, -0.15) is 0 Å². The molecule has 0 aromatic heterocycles. The van der Waals surface area contributed by atoms with Crippen LogP contribution in [0.2, 0.25) is 0 Å². The predicted octanol–water partition coefficient (Wildman–Crippen LogP) is 3.30. The maximum atomic E-state index is 11.1. The second-order valence-electron chi connectivity index (χ2n) is 4.20. The molecule has 0 aliphatic carbocycles. The number of nitro groups is 2. The Labute approximate surface area is 112 Å². The molecule has 8 nitrogen and oxygen atoms in total. The molecule has 8 heteroatoms. The molecular weight excluding hydrogens is 264 g/mol. The van der Waals surface area contributed by atoms with Crippen molar-refractivity contribution in [3.8, 4) is 0 Å². The van der Waals surface area contributed by atoms with Crippen molar-refractivity contribution >= 4 is 34.1 Å². The summed E-state index contributed by atoms with van der Waals surface area (Å²) in [5.41, 5.74) is 1.25. The summed E-state index contributed by atoms with van der Waals surface area (Å²) in [5, 5.41) is 27.8. The highest BCUT2D eigenvalue weighted by molar-refractivity contribution is 5.95. The highest BCUT2D eigenvalue weighted by Gasteiger charge is 2.27. The summed E-state index contributed by atoms with van der Waals surface area (Å²) >= 11 is 0. The molecule has 0 bridgehead atoms. The fraction of sp³-hybridized carbons (Fsp3) is 0. The monoisotopic (exact) mass is 272 g/mol. The number of anilines is 4. The van der Waals surface area contributed by atoms with Crippen LogP contribution in [0.4, 0.5) is 34.1 Å². The first-order valence-corrected chi connectivity index (χ1v) is 5.66. The van der Waals surface area contributed by atoms with E-state index in [4.69, 9.17) is 0 Å². The van der Waals surface area contributed by atoms with Crippen molar-refractivity contribution in [2.24, 2.45) is 0 Å². The summed E-state index contributed by atoms with van der Waals surface area (Å²) < 4.78 is 0. The van der Waals surface area contributed by atoms with Crippen LogP contribution in [0.5, 0.6) is 0 Å². The third kappa shape index (κ3) is 1.79. The van der Waals surface area contributed by atoms with Crippen molar-refractivity contribution in [2.75, 3.05) is 10.6 Å². The zero-order chi connectivity index (χ0) is 14.3. The van der Waals surface area contributed by atoms with Gasteiger partial charge in [-0.15, -0.1) is 0 Å². The zero-order valence-electron chi connectivity index (χ0n) is 9.99. The molecule has 3 rings (SSSR count). The molecule has 100 valence electrons. The lowest BCUT2D eigenvalue weighted by atomic mass is 10.1. The smallest absolute Gasteiger partial charge is 0.301 e. The van der Waals surface area contributed by atoms with E-state index in [2.05, 4.69) is 10.6 Å². The molecule has 0 radical (unpaired) electrons. The van der Waals surface area contributed by atoms with Gasteiger partial charge < -0.3 is 10.6 Å². The van der Waals surface area contributed by atoms with Gasteiger partial charge in [0, 0.05) is 6.07 Å². The van der Waals surface area contributed by atoms with E-state index in [0.717, 1.165) is 6.07 Å². The standard InChI is InChI=1S/C12H8N4O4/c17-15(18)7-5-10-12(11(6-7)16(19)20)14-9-4-2-1-3-8(9)13-10/h1-6,13-14H. The number of hydrogen-bond donors (Lipinski definition) is 2. The van der Waals surface area contributed by atoms with E-state index in [1.165, 1.54) is 6.07 Å². The van der Waals surface area contributed by atoms with E-state index in [0.29, 0.717) is 17.1 Å². The minimum absolute atomic E-state index is 0.222. The number of benzene rings is 2. The first kappa shape index (κ1) is 11.9. The molecule has 2 aromatic carbocycles. The number of rotatable bonds is 2. The lowest BCUT2D eigenvalue weighted by Gasteiger charge is -2.22. The van der Waals surface area contributed by atoms with Crippen molar-refractivity contribution in [1.82, 2.24) is 0 Å². The first-order chi connectivity index (χ1) is 9.56.